The van der Waals surface area contributed by atoms with Gasteiger partial charge in [0, 0.05) is 18.7 Å². The summed E-state index contributed by atoms with van der Waals surface area (Å²) in [5.41, 5.74) is 5.61. The summed E-state index contributed by atoms with van der Waals surface area (Å²) in [5, 5.41) is 20.9. The minimum absolute atomic E-state index is 0.109. The Bertz CT molecular complexity index is 2440. The van der Waals surface area contributed by atoms with Crippen molar-refractivity contribution in [1.82, 2.24) is 4.98 Å². The molecule has 0 atom stereocenters. The average Bonchev–Trinajstić information content (AvgIpc) is 3.02. The lowest BCUT2D eigenvalue weighted by molar-refractivity contribution is 0.278. The van der Waals surface area contributed by atoms with E-state index >= 15 is 0 Å². The molecule has 0 fully saturated rings. The average molecular weight is 847 g/mol. The molecule has 0 aliphatic carbocycles. The Morgan fingerprint density at radius 2 is 1.25 bits per heavy atom. The van der Waals surface area contributed by atoms with Gasteiger partial charge in [-0.25, -0.2) is 21.8 Å². The molecular weight excluding hydrogens is 817 g/mol. The lowest BCUT2D eigenvalue weighted by Crippen LogP contribution is -2.23. The van der Waals surface area contributed by atoms with Crippen molar-refractivity contribution in [1.29, 1.82) is 0 Å². The van der Waals surface area contributed by atoms with Crippen LogP contribution in [0.1, 0.15) is 5.56 Å². The number of pyridine rings is 1. The van der Waals surface area contributed by atoms with Crippen molar-refractivity contribution < 1.29 is 68.7 Å². The summed E-state index contributed by atoms with van der Waals surface area (Å²) in [4.78, 5) is 3.02. The maximum absolute atomic E-state index is 12.3. The molecule has 0 aliphatic rings. The van der Waals surface area contributed by atoms with E-state index in [4.69, 9.17) is 19.4 Å². The predicted octanol–water partition coefficient (Wildman–Crippen LogP) is 2.17. The quantitative estimate of drug-likeness (QED) is 0.0516. The van der Waals surface area contributed by atoms with E-state index in [0.29, 0.717) is 0 Å². The molecule has 0 aliphatic heterocycles. The molecule has 1 heterocycles. The Hall–Kier alpha value is -4.30. The maximum atomic E-state index is 12.3. The normalized spacial score (nSPS) is 13.2. The number of hydrogen-bond acceptors (Lipinski definition) is 20. The molecule has 29 heteroatoms. The first-order valence-corrected chi connectivity index (χ1v) is 21.5. The van der Waals surface area contributed by atoms with Crippen LogP contribution in [-0.4, -0.2) is 103 Å². The van der Waals surface area contributed by atoms with Crippen LogP contribution in [0.2, 0.25) is 0 Å². The zero-order valence-electron chi connectivity index (χ0n) is 26.8. The van der Waals surface area contributed by atoms with E-state index in [-0.39, 0.29) is 53.0 Å². The summed E-state index contributed by atoms with van der Waals surface area (Å²) >= 11 is 0. The number of hydrogen-bond donors (Lipinski definition) is 7. The highest BCUT2D eigenvalue weighted by molar-refractivity contribution is 7.91. The fourth-order valence-electron chi connectivity index (χ4n) is 3.86. The number of sulfone groups is 1. The van der Waals surface area contributed by atoms with Gasteiger partial charge in [0.1, 0.15) is 16.3 Å². The number of anilines is 3. The van der Waals surface area contributed by atoms with Crippen molar-refractivity contribution in [2.45, 2.75) is 16.7 Å². The first-order chi connectivity index (χ1) is 24.3. The number of nitrogens with one attached hydrogen (secondary N) is 2. The van der Waals surface area contributed by atoms with E-state index in [2.05, 4.69) is 44.4 Å². The first kappa shape index (κ1) is 43.1. The molecule has 0 unspecified atom stereocenters. The fraction of sp³-hybridized carbons (Fsp3) is 0.292. The van der Waals surface area contributed by atoms with Crippen LogP contribution in [0.3, 0.4) is 0 Å². The second-order valence-electron chi connectivity index (χ2n) is 10.2. The molecule has 1 aromatic heterocycles. The summed E-state index contributed by atoms with van der Waals surface area (Å²) in [6.45, 7) is -0.720. The molecular formula is C24H30N8O16S5. The van der Waals surface area contributed by atoms with Gasteiger partial charge in [-0.15, -0.1) is 10.2 Å². The van der Waals surface area contributed by atoms with Gasteiger partial charge in [0.25, 0.3) is 20.2 Å². The standard InChI is InChI=1S/C24H30N8O16S5/c1-15-21(25)23(27-9-12-49(33,34)13-11-48-53(44,45)46)28-24(26-8-10-47-52(41,42)43)22(15)32-31-19-7-4-17(14-20(19)51(38,39)40)30-29-16-2-5-18(6-3-16)50(35,36)37/h2-7,14H,8-13,25H2,1H3,(H2,26,27,28)(H,35,36,37)(H,38,39,40)(H,41,42,43)(H,44,45,46)/b30-29+,32-31+. The van der Waals surface area contributed by atoms with Gasteiger partial charge in [0.2, 0.25) is 0 Å². The van der Waals surface area contributed by atoms with Crippen molar-refractivity contribution in [3.05, 3.63) is 48.0 Å². The molecule has 53 heavy (non-hydrogen) atoms. The van der Waals surface area contributed by atoms with Crippen LogP contribution in [0.5, 0.6) is 0 Å². The lowest BCUT2D eigenvalue weighted by atomic mass is 10.2. The number of rotatable bonds is 19. The van der Waals surface area contributed by atoms with Gasteiger partial charge >= 0.3 is 20.8 Å². The largest absolute Gasteiger partial charge is 0.397 e. The molecule has 0 saturated heterocycles. The van der Waals surface area contributed by atoms with Crippen LogP contribution in [-0.2, 0) is 59.2 Å². The molecule has 3 aromatic rings. The molecule has 3 rings (SSSR count). The molecule has 0 radical (unpaired) electrons. The maximum Gasteiger partial charge on any atom is 0.397 e. The predicted molar refractivity (Wildman–Crippen MR) is 185 cm³/mol. The van der Waals surface area contributed by atoms with Crippen molar-refractivity contribution in [3.8, 4) is 0 Å². The Balaban J connectivity index is 1.93. The monoisotopic (exact) mass is 846 g/mol. The third kappa shape index (κ3) is 14.2. The van der Waals surface area contributed by atoms with Gasteiger partial charge in [-0.2, -0.15) is 43.9 Å². The SMILES string of the molecule is Cc1c(N)c(NCCS(=O)(=O)CCOS(=O)(=O)O)nc(NCCOS(=O)(=O)O)c1/N=N/c1ccc(/N=N/c2ccc(S(=O)(=O)O)cc2)cc1S(=O)(=O)O. The van der Waals surface area contributed by atoms with Crippen molar-refractivity contribution in [2.75, 3.05) is 54.2 Å². The summed E-state index contributed by atoms with van der Waals surface area (Å²) < 4.78 is 159. The molecule has 0 spiro atoms. The molecule has 24 nitrogen and oxygen atoms in total. The minimum atomic E-state index is -4.98. The number of nitrogens with two attached hydrogens (primary N) is 1. The topological polar surface area (TPSA) is 382 Å². The second kappa shape index (κ2) is 17.2. The van der Waals surface area contributed by atoms with Crippen LogP contribution in [0.15, 0.2) is 72.7 Å². The van der Waals surface area contributed by atoms with Gasteiger partial charge < -0.3 is 16.4 Å². The molecule has 0 bridgehead atoms. The Kier molecular flexibility index (Phi) is 14.0. The summed E-state index contributed by atoms with van der Waals surface area (Å²) in [5.74, 6) is -1.66. The molecule has 292 valence electrons. The van der Waals surface area contributed by atoms with Crippen molar-refractivity contribution in [2.24, 2.45) is 20.5 Å². The van der Waals surface area contributed by atoms with Crippen LogP contribution >= 0.6 is 0 Å². The van der Waals surface area contributed by atoms with Crippen LogP contribution in [0.4, 0.5) is 40.1 Å². The van der Waals surface area contributed by atoms with Crippen molar-refractivity contribution >= 4 is 90.9 Å². The second-order valence-corrected chi connectivity index (χ2v) is 17.5. The van der Waals surface area contributed by atoms with E-state index in [9.17, 15) is 46.6 Å². The molecule has 8 N–H and O–H groups in total. The fourth-order valence-corrected chi connectivity index (χ4v) is 6.63. The van der Waals surface area contributed by atoms with Gasteiger partial charge in [-0.3, -0.25) is 18.2 Å². The highest BCUT2D eigenvalue weighted by Gasteiger charge is 2.20. The lowest BCUT2D eigenvalue weighted by Gasteiger charge is -2.16. The number of aromatic nitrogens is 1. The summed E-state index contributed by atoms with van der Waals surface area (Å²) in [6, 6.07) is 7.73. The number of nitrogens with zero attached hydrogens (tertiary/aromatic N) is 5. The minimum Gasteiger partial charge on any atom is -0.395 e. The van der Waals surface area contributed by atoms with E-state index in [1.54, 1.807) is 0 Å². The molecule has 0 saturated carbocycles. The summed E-state index contributed by atoms with van der Waals surface area (Å²) in [7, 11) is -23.0. The third-order valence-corrected chi connectivity index (χ3v) is 10.6. The van der Waals surface area contributed by atoms with Gasteiger partial charge in [0.15, 0.2) is 21.5 Å². The van der Waals surface area contributed by atoms with Crippen LogP contribution < -0.4 is 16.4 Å². The van der Waals surface area contributed by atoms with E-state index < -0.39 is 91.1 Å². The highest BCUT2D eigenvalue weighted by atomic mass is 32.3. The zero-order valence-corrected chi connectivity index (χ0v) is 30.9. The van der Waals surface area contributed by atoms with Gasteiger partial charge in [-0.1, -0.05) is 0 Å². The van der Waals surface area contributed by atoms with Gasteiger partial charge in [0.05, 0.1) is 46.7 Å². The van der Waals surface area contributed by atoms with E-state index in [1.807, 2.05) is 0 Å². The van der Waals surface area contributed by atoms with Crippen LogP contribution in [0.25, 0.3) is 0 Å². The molecule has 0 amide bonds. The summed E-state index contributed by atoms with van der Waals surface area (Å²) in [6.07, 6.45) is 0. The van der Waals surface area contributed by atoms with E-state index in [1.165, 1.54) is 25.1 Å². The first-order valence-electron chi connectivity index (χ1n) is 14.1. The Morgan fingerprint density at radius 3 is 1.83 bits per heavy atom. The smallest absolute Gasteiger partial charge is 0.395 e. The van der Waals surface area contributed by atoms with Crippen LogP contribution in [0, 0.1) is 6.92 Å². The number of azo groups is 2. The highest BCUT2D eigenvalue weighted by Crippen LogP contribution is 2.38. The Labute approximate surface area is 302 Å². The third-order valence-electron chi connectivity index (χ3n) is 6.32. The molecule has 2 aromatic carbocycles. The number of nitrogen functional groups attached to an aromatic ring is 1. The van der Waals surface area contributed by atoms with Gasteiger partial charge in [-0.05, 0) is 49.4 Å². The number of benzene rings is 2. The Morgan fingerprint density at radius 1 is 0.679 bits per heavy atom. The van der Waals surface area contributed by atoms with Crippen molar-refractivity contribution in [3.63, 3.8) is 0 Å². The van der Waals surface area contributed by atoms with E-state index in [0.717, 1.165) is 24.3 Å². The zero-order chi connectivity index (χ0) is 39.8.